The first-order valence-corrected chi connectivity index (χ1v) is 16.4. The van der Waals surface area contributed by atoms with E-state index in [9.17, 15) is 0 Å². The Morgan fingerprint density at radius 3 is 1.57 bits per heavy atom. The lowest BCUT2D eigenvalue weighted by Gasteiger charge is -2.31. The summed E-state index contributed by atoms with van der Waals surface area (Å²) in [6, 6.07) is 55.5. The Hall–Kier alpha value is -5.46. The fraction of sp³-hybridized carbons (Fsp3) is 0.0870. The Balaban J connectivity index is 1.31. The molecule has 0 aliphatic heterocycles. The van der Waals surface area contributed by atoms with Gasteiger partial charge in [-0.2, -0.15) is 0 Å². The average molecular weight is 583 g/mol. The van der Waals surface area contributed by atoms with E-state index in [2.05, 4.69) is 159 Å². The van der Waals surface area contributed by atoms with Crippen LogP contribution in [0.5, 0.6) is 0 Å². The second-order valence-electron chi connectivity index (χ2n) is 14.0. The SMILES string of the molecule is CC1(C)c2ccccc2-c2cc(-c3cc4c5c(c3)c3ccccc3c3cccc(c35)C43c4ccccc4-c4ccccc43)ccc21. The zero-order valence-electron chi connectivity index (χ0n) is 25.9. The van der Waals surface area contributed by atoms with Crippen molar-refractivity contribution in [2.45, 2.75) is 24.7 Å². The van der Waals surface area contributed by atoms with Crippen molar-refractivity contribution in [2.75, 3.05) is 0 Å². The molecule has 8 aromatic carbocycles. The molecule has 1 spiro atoms. The monoisotopic (exact) mass is 582 g/mol. The van der Waals surface area contributed by atoms with Gasteiger partial charge in [0.15, 0.2) is 0 Å². The van der Waals surface area contributed by atoms with Gasteiger partial charge in [0.25, 0.3) is 0 Å². The summed E-state index contributed by atoms with van der Waals surface area (Å²) in [5, 5.41) is 8.18. The van der Waals surface area contributed by atoms with Crippen LogP contribution in [0.2, 0.25) is 0 Å². The van der Waals surface area contributed by atoms with Crippen LogP contribution in [0.1, 0.15) is 47.2 Å². The molecule has 0 N–H and O–H groups in total. The Morgan fingerprint density at radius 2 is 0.848 bits per heavy atom. The number of hydrogen-bond donors (Lipinski definition) is 0. The second kappa shape index (κ2) is 8.22. The zero-order chi connectivity index (χ0) is 30.4. The molecular weight excluding hydrogens is 553 g/mol. The summed E-state index contributed by atoms with van der Waals surface area (Å²) in [6.07, 6.45) is 0. The second-order valence-corrected chi connectivity index (χ2v) is 14.0. The predicted molar refractivity (Wildman–Crippen MR) is 193 cm³/mol. The molecule has 0 amide bonds. The quantitative estimate of drug-likeness (QED) is 0.169. The minimum atomic E-state index is -0.369. The van der Waals surface area contributed by atoms with Crippen molar-refractivity contribution in [3.8, 4) is 33.4 Å². The molecule has 0 radical (unpaired) electrons. The summed E-state index contributed by atoms with van der Waals surface area (Å²) in [5.74, 6) is 0. The topological polar surface area (TPSA) is 0 Å². The van der Waals surface area contributed by atoms with E-state index >= 15 is 0 Å². The predicted octanol–water partition coefficient (Wildman–Crippen LogP) is 11.8. The van der Waals surface area contributed by atoms with Crippen LogP contribution in [0.4, 0.5) is 0 Å². The van der Waals surface area contributed by atoms with E-state index in [4.69, 9.17) is 0 Å². The highest BCUT2D eigenvalue weighted by molar-refractivity contribution is 6.30. The van der Waals surface area contributed by atoms with Gasteiger partial charge in [-0.05, 0) is 117 Å². The third-order valence-corrected chi connectivity index (χ3v) is 11.6. The number of benzene rings is 8. The molecule has 46 heavy (non-hydrogen) atoms. The van der Waals surface area contributed by atoms with Crippen LogP contribution in [0.15, 0.2) is 146 Å². The van der Waals surface area contributed by atoms with Gasteiger partial charge in [0.1, 0.15) is 0 Å². The first kappa shape index (κ1) is 24.8. The highest BCUT2D eigenvalue weighted by atomic mass is 14.5. The molecule has 0 nitrogen and oxygen atoms in total. The summed E-state index contributed by atoms with van der Waals surface area (Å²) in [5.41, 5.74) is 16.1. The van der Waals surface area contributed by atoms with E-state index < -0.39 is 0 Å². The Labute approximate surface area is 268 Å². The van der Waals surface area contributed by atoms with Crippen molar-refractivity contribution in [1.82, 2.24) is 0 Å². The Morgan fingerprint density at radius 1 is 0.326 bits per heavy atom. The van der Waals surface area contributed by atoms with Crippen molar-refractivity contribution in [3.63, 3.8) is 0 Å². The maximum absolute atomic E-state index is 2.54. The molecule has 0 bridgehead atoms. The molecule has 0 atom stereocenters. The van der Waals surface area contributed by atoms with Gasteiger partial charge in [-0.15, -0.1) is 0 Å². The van der Waals surface area contributed by atoms with Crippen LogP contribution < -0.4 is 0 Å². The smallest absolute Gasteiger partial charge is 0.0619 e. The van der Waals surface area contributed by atoms with Crippen LogP contribution >= 0.6 is 0 Å². The van der Waals surface area contributed by atoms with Crippen molar-refractivity contribution in [3.05, 3.63) is 179 Å². The lowest BCUT2D eigenvalue weighted by Crippen LogP contribution is -2.26. The third kappa shape index (κ3) is 2.71. The molecule has 0 saturated heterocycles. The van der Waals surface area contributed by atoms with Gasteiger partial charge in [0, 0.05) is 5.41 Å². The normalized spacial score (nSPS) is 15.5. The van der Waals surface area contributed by atoms with E-state index in [1.807, 2.05) is 0 Å². The Bertz CT molecular complexity index is 2620. The van der Waals surface area contributed by atoms with Gasteiger partial charge in [-0.25, -0.2) is 0 Å². The summed E-state index contributed by atoms with van der Waals surface area (Å²) in [7, 11) is 0. The molecule has 0 heteroatoms. The van der Waals surface area contributed by atoms with Crippen molar-refractivity contribution >= 4 is 32.3 Å². The molecule has 0 saturated carbocycles. The molecule has 0 fully saturated rings. The summed E-state index contributed by atoms with van der Waals surface area (Å²) in [6.45, 7) is 4.72. The number of hydrogen-bond acceptors (Lipinski definition) is 0. The van der Waals surface area contributed by atoms with Gasteiger partial charge in [-0.1, -0.05) is 141 Å². The maximum atomic E-state index is 2.54. The van der Waals surface area contributed by atoms with Crippen LogP contribution in [-0.2, 0) is 10.8 Å². The van der Waals surface area contributed by atoms with Crippen molar-refractivity contribution < 1.29 is 0 Å². The largest absolute Gasteiger partial charge is 0.0726 e. The Kier molecular flexibility index (Phi) is 4.43. The van der Waals surface area contributed by atoms with E-state index in [0.717, 1.165) is 0 Å². The van der Waals surface area contributed by atoms with E-state index in [1.165, 1.54) is 99.1 Å². The van der Waals surface area contributed by atoms with Crippen LogP contribution in [0.3, 0.4) is 0 Å². The molecule has 11 rings (SSSR count). The van der Waals surface area contributed by atoms with Crippen LogP contribution in [0.25, 0.3) is 65.7 Å². The minimum absolute atomic E-state index is 0.00724. The first-order chi connectivity index (χ1) is 22.6. The van der Waals surface area contributed by atoms with Gasteiger partial charge in [-0.3, -0.25) is 0 Å². The van der Waals surface area contributed by atoms with Gasteiger partial charge in [0.2, 0.25) is 0 Å². The molecule has 0 aromatic heterocycles. The maximum Gasteiger partial charge on any atom is 0.0726 e. The standard InChI is InChI=1S/C46H30/c1-45(2)37-18-8-5-16-33(37)35-24-27(22-23-38(35)45)28-25-36-30-13-4-3-12-29(30)34-17-11-21-41-43(34)44(36)42(26-28)46(41)39-19-9-6-14-31(39)32-15-7-10-20-40(32)46/h3-26H,1-2H3. The molecule has 214 valence electrons. The molecule has 3 aliphatic rings. The van der Waals surface area contributed by atoms with E-state index in [1.54, 1.807) is 0 Å². The number of fused-ring (bicyclic) bond motifs is 13. The molecule has 3 aliphatic carbocycles. The minimum Gasteiger partial charge on any atom is -0.0619 e. The molecular formula is C46H30. The summed E-state index contributed by atoms with van der Waals surface area (Å²) in [4.78, 5) is 0. The van der Waals surface area contributed by atoms with E-state index in [-0.39, 0.29) is 10.8 Å². The van der Waals surface area contributed by atoms with Crippen LogP contribution in [0, 0.1) is 0 Å². The molecule has 0 heterocycles. The van der Waals surface area contributed by atoms with E-state index in [0.29, 0.717) is 0 Å². The third-order valence-electron chi connectivity index (χ3n) is 11.6. The van der Waals surface area contributed by atoms with Crippen molar-refractivity contribution in [1.29, 1.82) is 0 Å². The highest BCUT2D eigenvalue weighted by Gasteiger charge is 2.51. The lowest BCUT2D eigenvalue weighted by atomic mass is 9.69. The van der Waals surface area contributed by atoms with Gasteiger partial charge < -0.3 is 0 Å². The van der Waals surface area contributed by atoms with Gasteiger partial charge in [0.05, 0.1) is 5.41 Å². The highest BCUT2D eigenvalue weighted by Crippen LogP contribution is 2.63. The first-order valence-electron chi connectivity index (χ1n) is 16.4. The fourth-order valence-corrected chi connectivity index (χ4v) is 9.76. The lowest BCUT2D eigenvalue weighted by molar-refractivity contribution is 0.660. The molecule has 8 aromatic rings. The average Bonchev–Trinajstić information content (AvgIpc) is 3.67. The summed E-state index contributed by atoms with van der Waals surface area (Å²) < 4.78 is 0. The molecule has 0 unspecified atom stereocenters. The number of rotatable bonds is 1. The zero-order valence-corrected chi connectivity index (χ0v) is 25.9. The van der Waals surface area contributed by atoms with Crippen molar-refractivity contribution in [2.24, 2.45) is 0 Å². The van der Waals surface area contributed by atoms with Gasteiger partial charge >= 0.3 is 0 Å². The van der Waals surface area contributed by atoms with Crippen LogP contribution in [-0.4, -0.2) is 0 Å². The summed E-state index contributed by atoms with van der Waals surface area (Å²) >= 11 is 0. The fourth-order valence-electron chi connectivity index (χ4n) is 9.76.